The van der Waals surface area contributed by atoms with Crippen molar-refractivity contribution in [2.24, 2.45) is 5.41 Å². The van der Waals surface area contributed by atoms with E-state index in [-0.39, 0.29) is 23.1 Å². The smallest absolute Gasteiger partial charge is 0.337 e. The molecule has 4 rings (SSSR count). The van der Waals surface area contributed by atoms with Gasteiger partial charge in [0.1, 0.15) is 12.2 Å². The fraction of sp³-hybridized carbons (Fsp3) is 0.542. The number of amides is 1. The lowest BCUT2D eigenvalue weighted by Crippen LogP contribution is -2.61. The van der Waals surface area contributed by atoms with Crippen molar-refractivity contribution in [1.82, 2.24) is 20.4 Å². The fourth-order valence-electron chi connectivity index (χ4n) is 5.32. The predicted octanol–water partition coefficient (Wildman–Crippen LogP) is 3.88. The first-order valence-corrected chi connectivity index (χ1v) is 11.7. The molecule has 2 unspecified atom stereocenters. The Labute approximate surface area is 188 Å². The molecule has 2 aromatic rings. The first-order valence-electron chi connectivity index (χ1n) is 11.7. The Kier molecular flexibility index (Phi) is 6.91. The molecule has 1 saturated carbocycles. The molecule has 4 N–H and O–H groups in total. The SMILES string of the molecule is CCCc1ccc(NC(=O)C2CC3(CCCCCC3)C(n3ccnc3)NN2)c(C(=O)O)c1. The summed E-state index contributed by atoms with van der Waals surface area (Å²) in [6.45, 7) is 2.05. The zero-order valence-corrected chi connectivity index (χ0v) is 18.6. The molecule has 2 atom stereocenters. The number of carbonyl (C=O) groups is 2. The first kappa shape index (κ1) is 22.5. The molecule has 2 aliphatic rings. The number of anilines is 1. The van der Waals surface area contributed by atoms with Crippen LogP contribution in [0.3, 0.4) is 0 Å². The highest BCUT2D eigenvalue weighted by Crippen LogP contribution is 2.47. The maximum Gasteiger partial charge on any atom is 0.337 e. The van der Waals surface area contributed by atoms with Crippen LogP contribution in [0.25, 0.3) is 0 Å². The van der Waals surface area contributed by atoms with E-state index in [1.165, 1.54) is 12.8 Å². The third kappa shape index (κ3) is 4.71. The monoisotopic (exact) mass is 439 g/mol. The molecule has 32 heavy (non-hydrogen) atoms. The number of aromatic carboxylic acids is 1. The van der Waals surface area contributed by atoms with Crippen molar-refractivity contribution in [3.63, 3.8) is 0 Å². The van der Waals surface area contributed by atoms with Crippen molar-refractivity contribution >= 4 is 17.6 Å². The molecule has 172 valence electrons. The number of nitrogens with one attached hydrogen (secondary N) is 3. The molecule has 1 aliphatic carbocycles. The van der Waals surface area contributed by atoms with Crippen LogP contribution < -0.4 is 16.2 Å². The van der Waals surface area contributed by atoms with E-state index in [1.807, 2.05) is 18.6 Å². The first-order chi connectivity index (χ1) is 15.5. The Balaban J connectivity index is 1.54. The van der Waals surface area contributed by atoms with Gasteiger partial charge in [0.25, 0.3) is 0 Å². The molecule has 1 amide bonds. The Morgan fingerprint density at radius 3 is 2.66 bits per heavy atom. The molecule has 1 aliphatic heterocycles. The highest BCUT2D eigenvalue weighted by molar-refractivity contribution is 6.02. The number of aromatic nitrogens is 2. The van der Waals surface area contributed by atoms with Gasteiger partial charge in [-0.2, -0.15) is 0 Å². The lowest BCUT2D eigenvalue weighted by Gasteiger charge is -2.47. The van der Waals surface area contributed by atoms with Gasteiger partial charge in [-0.1, -0.05) is 45.1 Å². The van der Waals surface area contributed by atoms with Crippen LogP contribution >= 0.6 is 0 Å². The Morgan fingerprint density at radius 2 is 2.00 bits per heavy atom. The van der Waals surface area contributed by atoms with Gasteiger partial charge in [0.15, 0.2) is 0 Å². The van der Waals surface area contributed by atoms with Crippen LogP contribution in [0.15, 0.2) is 36.9 Å². The molecule has 2 heterocycles. The standard InChI is InChI=1S/C24H33N5O3/c1-2-7-17-8-9-19(18(14-17)22(31)32)26-21(30)20-15-24(10-5-3-4-6-11-24)23(28-27-20)29-13-12-25-16-29/h8-9,12-14,16,20,23,27-28H,2-7,10-11,15H2,1H3,(H,26,30)(H,31,32). The second-order valence-corrected chi connectivity index (χ2v) is 9.16. The van der Waals surface area contributed by atoms with E-state index in [0.29, 0.717) is 12.1 Å². The van der Waals surface area contributed by atoms with E-state index in [0.717, 1.165) is 44.1 Å². The van der Waals surface area contributed by atoms with Crippen molar-refractivity contribution in [3.8, 4) is 0 Å². The summed E-state index contributed by atoms with van der Waals surface area (Å²) in [5.74, 6) is -1.25. The van der Waals surface area contributed by atoms with Gasteiger partial charge in [0, 0.05) is 17.8 Å². The van der Waals surface area contributed by atoms with E-state index in [4.69, 9.17) is 0 Å². The van der Waals surface area contributed by atoms with Crippen molar-refractivity contribution in [1.29, 1.82) is 0 Å². The van der Waals surface area contributed by atoms with Gasteiger partial charge in [-0.05, 0) is 43.4 Å². The number of carboxylic acid groups (broad SMARTS) is 1. The number of carbonyl (C=O) groups excluding carboxylic acids is 1. The number of rotatable bonds is 6. The molecule has 1 saturated heterocycles. The summed E-state index contributed by atoms with van der Waals surface area (Å²) in [7, 11) is 0. The third-order valence-corrected chi connectivity index (χ3v) is 6.93. The van der Waals surface area contributed by atoms with E-state index in [2.05, 4.69) is 32.6 Å². The average Bonchev–Trinajstić information content (AvgIpc) is 3.22. The van der Waals surface area contributed by atoms with Crippen LogP contribution in [0.2, 0.25) is 0 Å². The van der Waals surface area contributed by atoms with Gasteiger partial charge < -0.3 is 15.0 Å². The lowest BCUT2D eigenvalue weighted by molar-refractivity contribution is -0.122. The topological polar surface area (TPSA) is 108 Å². The molecule has 2 fully saturated rings. The van der Waals surface area contributed by atoms with Crippen molar-refractivity contribution in [3.05, 3.63) is 48.0 Å². The molecule has 0 bridgehead atoms. The van der Waals surface area contributed by atoms with E-state index in [1.54, 1.807) is 18.3 Å². The van der Waals surface area contributed by atoms with Crippen LogP contribution in [-0.2, 0) is 11.2 Å². The second-order valence-electron chi connectivity index (χ2n) is 9.16. The minimum atomic E-state index is -1.03. The zero-order chi connectivity index (χ0) is 22.6. The van der Waals surface area contributed by atoms with Gasteiger partial charge in [-0.3, -0.25) is 4.79 Å². The molecule has 8 nitrogen and oxygen atoms in total. The van der Waals surface area contributed by atoms with Crippen molar-refractivity contribution < 1.29 is 14.7 Å². The predicted molar refractivity (Wildman–Crippen MR) is 122 cm³/mol. The fourth-order valence-corrected chi connectivity index (χ4v) is 5.32. The molecule has 0 radical (unpaired) electrons. The van der Waals surface area contributed by atoms with Gasteiger partial charge in [0.05, 0.1) is 17.6 Å². The van der Waals surface area contributed by atoms with Crippen LogP contribution in [-0.4, -0.2) is 32.6 Å². The highest BCUT2D eigenvalue weighted by Gasteiger charge is 2.46. The van der Waals surface area contributed by atoms with Crippen LogP contribution in [0.5, 0.6) is 0 Å². The Morgan fingerprint density at radius 1 is 1.22 bits per heavy atom. The van der Waals surface area contributed by atoms with Crippen LogP contribution in [0, 0.1) is 5.41 Å². The lowest BCUT2D eigenvalue weighted by atomic mass is 9.71. The zero-order valence-electron chi connectivity index (χ0n) is 18.6. The molecule has 8 heteroatoms. The van der Waals surface area contributed by atoms with Crippen molar-refractivity contribution in [2.75, 3.05) is 5.32 Å². The van der Waals surface area contributed by atoms with E-state index < -0.39 is 12.0 Å². The Bertz CT molecular complexity index is 935. The largest absolute Gasteiger partial charge is 0.478 e. The van der Waals surface area contributed by atoms with Gasteiger partial charge in [-0.15, -0.1) is 0 Å². The minimum Gasteiger partial charge on any atom is -0.478 e. The van der Waals surface area contributed by atoms with Crippen LogP contribution in [0.4, 0.5) is 5.69 Å². The molecular formula is C24H33N5O3. The average molecular weight is 440 g/mol. The molecule has 1 aromatic heterocycles. The summed E-state index contributed by atoms with van der Waals surface area (Å²) in [5.41, 5.74) is 7.95. The quantitative estimate of drug-likeness (QED) is 0.544. The summed E-state index contributed by atoms with van der Waals surface area (Å²) in [4.78, 5) is 29.3. The maximum absolute atomic E-state index is 13.2. The number of hydrogen-bond donors (Lipinski definition) is 4. The minimum absolute atomic E-state index is 0.0232. The van der Waals surface area contributed by atoms with Gasteiger partial charge in [0.2, 0.25) is 5.91 Å². The number of benzene rings is 1. The third-order valence-electron chi connectivity index (χ3n) is 6.93. The normalized spacial score (nSPS) is 22.9. The van der Waals surface area contributed by atoms with Crippen LogP contribution in [0.1, 0.15) is 80.4 Å². The van der Waals surface area contributed by atoms with E-state index in [9.17, 15) is 14.7 Å². The summed E-state index contributed by atoms with van der Waals surface area (Å²) in [5, 5.41) is 12.5. The summed E-state index contributed by atoms with van der Waals surface area (Å²) < 4.78 is 2.08. The molecule has 1 spiro atoms. The summed E-state index contributed by atoms with van der Waals surface area (Å²) in [6.07, 6.45) is 14.8. The number of hydrazine groups is 1. The second kappa shape index (κ2) is 9.83. The number of hydrogen-bond acceptors (Lipinski definition) is 5. The highest BCUT2D eigenvalue weighted by atomic mass is 16.4. The molecular weight excluding hydrogens is 406 g/mol. The summed E-state index contributed by atoms with van der Waals surface area (Å²) >= 11 is 0. The van der Waals surface area contributed by atoms with Gasteiger partial charge in [-0.25, -0.2) is 20.6 Å². The number of nitrogens with zero attached hydrogens (tertiary/aromatic N) is 2. The summed E-state index contributed by atoms with van der Waals surface area (Å²) in [6, 6.07) is 4.80. The molecule has 1 aromatic carbocycles. The van der Waals surface area contributed by atoms with Gasteiger partial charge >= 0.3 is 5.97 Å². The number of imidazole rings is 1. The van der Waals surface area contributed by atoms with E-state index >= 15 is 0 Å². The maximum atomic E-state index is 13.2. The van der Waals surface area contributed by atoms with Crippen molar-refractivity contribution in [2.45, 2.75) is 76.9 Å². The Hall–Kier alpha value is -2.71. The number of carboxylic acids is 1. The number of aryl methyl sites for hydroxylation is 1.